The van der Waals surface area contributed by atoms with E-state index in [1.54, 1.807) is 0 Å². The number of carboxylic acids is 1. The van der Waals surface area contributed by atoms with E-state index in [2.05, 4.69) is 5.32 Å². The molecule has 0 aliphatic heterocycles. The Balaban J connectivity index is 2.32. The topological polar surface area (TPSA) is 66.4 Å². The predicted molar refractivity (Wildman–Crippen MR) is 61.0 cm³/mol. The largest absolute Gasteiger partial charge is 0.480 e. The molecule has 1 aliphatic carbocycles. The number of aliphatic carboxylic acids is 1. The summed E-state index contributed by atoms with van der Waals surface area (Å²) in [4.78, 5) is 22.5. The highest BCUT2D eigenvalue weighted by Gasteiger charge is 2.22. The monoisotopic (exact) mass is 227 g/mol. The first-order valence-corrected chi connectivity index (χ1v) is 6.15. The molecular formula is C12H21NO3. The zero-order chi connectivity index (χ0) is 12.0. The first-order valence-electron chi connectivity index (χ1n) is 6.15. The number of rotatable bonds is 6. The first-order chi connectivity index (χ1) is 7.63. The van der Waals surface area contributed by atoms with E-state index < -0.39 is 12.0 Å². The number of hydrogen-bond acceptors (Lipinski definition) is 2. The minimum Gasteiger partial charge on any atom is -0.480 e. The molecule has 1 rings (SSSR count). The van der Waals surface area contributed by atoms with Crippen LogP contribution in [0.25, 0.3) is 0 Å². The van der Waals surface area contributed by atoms with E-state index in [-0.39, 0.29) is 5.91 Å². The molecule has 4 nitrogen and oxygen atoms in total. The van der Waals surface area contributed by atoms with Gasteiger partial charge in [0, 0.05) is 6.42 Å². The molecule has 0 aromatic carbocycles. The predicted octanol–water partition coefficient (Wildman–Crippen LogP) is 1.94. The van der Waals surface area contributed by atoms with Crippen LogP contribution >= 0.6 is 0 Å². The molecule has 0 saturated heterocycles. The van der Waals surface area contributed by atoms with E-state index in [0.717, 1.165) is 19.3 Å². The van der Waals surface area contributed by atoms with Crippen LogP contribution in [0.2, 0.25) is 0 Å². The second-order valence-electron chi connectivity index (χ2n) is 4.60. The average molecular weight is 227 g/mol. The number of carbonyl (C=O) groups is 2. The fraction of sp³-hybridized carbons (Fsp3) is 0.833. The number of hydrogen-bond donors (Lipinski definition) is 2. The Kier molecular flexibility index (Phi) is 5.29. The summed E-state index contributed by atoms with van der Waals surface area (Å²) in [7, 11) is 0. The highest BCUT2D eigenvalue weighted by atomic mass is 16.4. The van der Waals surface area contributed by atoms with Gasteiger partial charge < -0.3 is 10.4 Å². The van der Waals surface area contributed by atoms with Gasteiger partial charge in [-0.3, -0.25) is 4.79 Å². The summed E-state index contributed by atoms with van der Waals surface area (Å²) in [5.74, 6) is -0.564. The molecular weight excluding hydrogens is 206 g/mol. The Morgan fingerprint density at radius 2 is 2.00 bits per heavy atom. The van der Waals surface area contributed by atoms with Crippen LogP contribution < -0.4 is 5.32 Å². The van der Waals surface area contributed by atoms with Crippen molar-refractivity contribution in [3.63, 3.8) is 0 Å². The second kappa shape index (κ2) is 6.51. The van der Waals surface area contributed by atoms with Crippen molar-refractivity contribution in [3.05, 3.63) is 0 Å². The molecule has 16 heavy (non-hydrogen) atoms. The lowest BCUT2D eigenvalue weighted by molar-refractivity contribution is -0.142. The van der Waals surface area contributed by atoms with E-state index in [1.807, 2.05) is 6.92 Å². The summed E-state index contributed by atoms with van der Waals surface area (Å²) in [6.45, 7) is 1.92. The molecule has 2 N–H and O–H groups in total. The van der Waals surface area contributed by atoms with Crippen LogP contribution in [0.15, 0.2) is 0 Å². The standard InChI is InChI=1S/C12H21NO3/c1-2-5-10(12(15)16)13-11(14)8-9-6-3-4-7-9/h9-10H,2-8H2,1H3,(H,13,14)(H,15,16)/t10-/m0/s1. The summed E-state index contributed by atoms with van der Waals surface area (Å²) in [5, 5.41) is 11.5. The van der Waals surface area contributed by atoms with Crippen molar-refractivity contribution < 1.29 is 14.7 Å². The van der Waals surface area contributed by atoms with Gasteiger partial charge in [0.15, 0.2) is 0 Å². The molecule has 92 valence electrons. The molecule has 1 fully saturated rings. The van der Waals surface area contributed by atoms with Gasteiger partial charge in [0.2, 0.25) is 5.91 Å². The van der Waals surface area contributed by atoms with Gasteiger partial charge in [-0.25, -0.2) is 4.79 Å². The van der Waals surface area contributed by atoms with Crippen LogP contribution in [0, 0.1) is 5.92 Å². The molecule has 0 aromatic heterocycles. The van der Waals surface area contributed by atoms with Crippen LogP contribution in [-0.2, 0) is 9.59 Å². The summed E-state index contributed by atoms with van der Waals surface area (Å²) in [6.07, 6.45) is 6.39. The lowest BCUT2D eigenvalue weighted by Crippen LogP contribution is -2.41. The van der Waals surface area contributed by atoms with Gasteiger partial charge >= 0.3 is 5.97 Å². The third kappa shape index (κ3) is 4.21. The van der Waals surface area contributed by atoms with Gasteiger partial charge in [0.1, 0.15) is 6.04 Å². The van der Waals surface area contributed by atoms with Crippen molar-refractivity contribution in [3.8, 4) is 0 Å². The molecule has 0 heterocycles. The lowest BCUT2D eigenvalue weighted by Gasteiger charge is -2.15. The summed E-state index contributed by atoms with van der Waals surface area (Å²) < 4.78 is 0. The number of nitrogens with one attached hydrogen (secondary N) is 1. The third-order valence-electron chi connectivity index (χ3n) is 3.16. The zero-order valence-electron chi connectivity index (χ0n) is 9.87. The Hall–Kier alpha value is -1.06. The highest BCUT2D eigenvalue weighted by molar-refractivity contribution is 5.83. The number of carbonyl (C=O) groups excluding carboxylic acids is 1. The molecule has 1 amide bonds. The van der Waals surface area contributed by atoms with Gasteiger partial charge in [0.25, 0.3) is 0 Å². The maximum absolute atomic E-state index is 11.6. The maximum atomic E-state index is 11.6. The molecule has 0 bridgehead atoms. The van der Waals surface area contributed by atoms with Crippen molar-refractivity contribution in [2.75, 3.05) is 0 Å². The minimum atomic E-state index is -0.929. The van der Waals surface area contributed by atoms with Crippen LogP contribution in [0.4, 0.5) is 0 Å². The Labute approximate surface area is 96.4 Å². The van der Waals surface area contributed by atoms with Crippen LogP contribution in [-0.4, -0.2) is 23.0 Å². The fourth-order valence-corrected chi connectivity index (χ4v) is 2.28. The number of amides is 1. The molecule has 0 radical (unpaired) electrons. The second-order valence-corrected chi connectivity index (χ2v) is 4.60. The summed E-state index contributed by atoms with van der Waals surface area (Å²) >= 11 is 0. The van der Waals surface area contributed by atoms with E-state index in [0.29, 0.717) is 18.8 Å². The number of carboxylic acid groups (broad SMARTS) is 1. The molecule has 4 heteroatoms. The van der Waals surface area contributed by atoms with Crippen LogP contribution in [0.1, 0.15) is 51.9 Å². The lowest BCUT2D eigenvalue weighted by atomic mass is 10.0. The smallest absolute Gasteiger partial charge is 0.326 e. The SMILES string of the molecule is CCC[C@H](NC(=O)CC1CCCC1)C(=O)O. The van der Waals surface area contributed by atoms with Crippen molar-refractivity contribution >= 4 is 11.9 Å². The average Bonchev–Trinajstić information content (AvgIpc) is 2.69. The van der Waals surface area contributed by atoms with Gasteiger partial charge in [-0.15, -0.1) is 0 Å². The Bertz CT molecular complexity index is 247. The fourth-order valence-electron chi connectivity index (χ4n) is 2.28. The van der Waals surface area contributed by atoms with Gasteiger partial charge in [-0.05, 0) is 25.2 Å². The van der Waals surface area contributed by atoms with Gasteiger partial charge in [-0.2, -0.15) is 0 Å². The zero-order valence-corrected chi connectivity index (χ0v) is 9.87. The van der Waals surface area contributed by atoms with E-state index >= 15 is 0 Å². The van der Waals surface area contributed by atoms with E-state index in [4.69, 9.17) is 5.11 Å². The Morgan fingerprint density at radius 1 is 1.38 bits per heavy atom. The molecule has 1 saturated carbocycles. The summed E-state index contributed by atoms with van der Waals surface area (Å²) in [6, 6.07) is -0.709. The molecule has 1 atom stereocenters. The first kappa shape index (κ1) is 13.0. The molecule has 0 unspecified atom stereocenters. The van der Waals surface area contributed by atoms with Gasteiger partial charge in [0.05, 0.1) is 0 Å². The highest BCUT2D eigenvalue weighted by Crippen LogP contribution is 2.27. The minimum absolute atomic E-state index is 0.104. The third-order valence-corrected chi connectivity index (χ3v) is 3.16. The van der Waals surface area contributed by atoms with E-state index in [9.17, 15) is 9.59 Å². The Morgan fingerprint density at radius 3 is 2.50 bits per heavy atom. The van der Waals surface area contributed by atoms with Crippen LogP contribution in [0.3, 0.4) is 0 Å². The van der Waals surface area contributed by atoms with Crippen molar-refractivity contribution in [2.45, 2.75) is 57.9 Å². The van der Waals surface area contributed by atoms with Crippen molar-refractivity contribution in [1.82, 2.24) is 5.32 Å². The van der Waals surface area contributed by atoms with Crippen molar-refractivity contribution in [1.29, 1.82) is 0 Å². The molecule has 0 aromatic rings. The quantitative estimate of drug-likeness (QED) is 0.728. The maximum Gasteiger partial charge on any atom is 0.326 e. The van der Waals surface area contributed by atoms with E-state index in [1.165, 1.54) is 12.8 Å². The van der Waals surface area contributed by atoms with Crippen LogP contribution in [0.5, 0.6) is 0 Å². The van der Waals surface area contributed by atoms with Gasteiger partial charge in [-0.1, -0.05) is 26.2 Å². The molecule has 1 aliphatic rings. The summed E-state index contributed by atoms with van der Waals surface area (Å²) in [5.41, 5.74) is 0. The molecule has 0 spiro atoms. The van der Waals surface area contributed by atoms with Crippen molar-refractivity contribution in [2.24, 2.45) is 5.92 Å². The normalized spacial score (nSPS) is 18.3.